The van der Waals surface area contributed by atoms with Gasteiger partial charge in [-0.1, -0.05) is 24.3 Å². The van der Waals surface area contributed by atoms with Gasteiger partial charge in [0.2, 0.25) is 17.7 Å². The zero-order valence-electron chi connectivity index (χ0n) is 13.8. The SMILES string of the molecule is CC(=O)c1ccccc1NC(=O)CN1C(=O)C2C3C=CC(C3)C2C1=O. The third-order valence-electron chi connectivity index (χ3n) is 5.44. The van der Waals surface area contributed by atoms with E-state index in [2.05, 4.69) is 5.32 Å². The predicted octanol–water partition coefficient (Wildman–Crippen LogP) is 1.63. The summed E-state index contributed by atoms with van der Waals surface area (Å²) in [5.74, 6) is -1.50. The van der Waals surface area contributed by atoms with E-state index in [4.69, 9.17) is 0 Å². The van der Waals surface area contributed by atoms with Crippen molar-refractivity contribution in [1.82, 2.24) is 4.90 Å². The van der Waals surface area contributed by atoms with Crippen LogP contribution in [-0.2, 0) is 14.4 Å². The topological polar surface area (TPSA) is 83.6 Å². The molecule has 1 saturated heterocycles. The summed E-state index contributed by atoms with van der Waals surface area (Å²) in [6.45, 7) is 1.11. The van der Waals surface area contributed by atoms with Crippen LogP contribution in [0.2, 0.25) is 0 Å². The number of Topliss-reactive ketones (excluding diaryl/α,β-unsaturated/α-hetero) is 1. The largest absolute Gasteiger partial charge is 0.324 e. The van der Waals surface area contributed by atoms with Crippen molar-refractivity contribution in [2.45, 2.75) is 13.3 Å². The molecular weight excluding hydrogens is 320 g/mol. The van der Waals surface area contributed by atoms with E-state index in [1.54, 1.807) is 24.3 Å². The molecule has 0 radical (unpaired) electrons. The van der Waals surface area contributed by atoms with Crippen molar-refractivity contribution in [3.8, 4) is 0 Å². The molecule has 128 valence electrons. The molecule has 2 fully saturated rings. The lowest BCUT2D eigenvalue weighted by Crippen LogP contribution is -2.39. The maximum Gasteiger partial charge on any atom is 0.244 e. The van der Waals surface area contributed by atoms with Crippen molar-refractivity contribution in [2.75, 3.05) is 11.9 Å². The average molecular weight is 338 g/mol. The van der Waals surface area contributed by atoms with E-state index in [1.165, 1.54) is 6.92 Å². The number of nitrogens with one attached hydrogen (secondary N) is 1. The van der Waals surface area contributed by atoms with E-state index in [-0.39, 0.29) is 47.8 Å². The molecular formula is C19H18N2O4. The van der Waals surface area contributed by atoms with E-state index in [9.17, 15) is 19.2 Å². The molecule has 4 rings (SSSR count). The van der Waals surface area contributed by atoms with Crippen molar-refractivity contribution in [1.29, 1.82) is 0 Å². The Labute approximate surface area is 144 Å². The highest BCUT2D eigenvalue weighted by atomic mass is 16.2. The number of allylic oxidation sites excluding steroid dienone is 2. The average Bonchev–Trinajstić information content (AvgIpc) is 3.25. The number of imide groups is 1. The van der Waals surface area contributed by atoms with E-state index < -0.39 is 5.91 Å². The van der Waals surface area contributed by atoms with Gasteiger partial charge in [0.05, 0.1) is 17.5 Å². The Kier molecular flexibility index (Phi) is 3.56. The van der Waals surface area contributed by atoms with Gasteiger partial charge in [0, 0.05) is 5.56 Å². The lowest BCUT2D eigenvalue weighted by atomic mass is 9.85. The molecule has 2 bridgehead atoms. The third kappa shape index (κ3) is 2.40. The fourth-order valence-corrected chi connectivity index (χ4v) is 4.35. The van der Waals surface area contributed by atoms with Crippen LogP contribution in [0.5, 0.6) is 0 Å². The molecule has 25 heavy (non-hydrogen) atoms. The number of hydrogen-bond acceptors (Lipinski definition) is 4. The number of carbonyl (C=O) groups excluding carboxylic acids is 4. The fourth-order valence-electron chi connectivity index (χ4n) is 4.35. The summed E-state index contributed by atoms with van der Waals surface area (Å²) >= 11 is 0. The summed E-state index contributed by atoms with van der Waals surface area (Å²) in [6.07, 6.45) is 4.90. The first kappa shape index (κ1) is 15.7. The molecule has 4 unspecified atom stereocenters. The Morgan fingerprint density at radius 2 is 1.68 bits per heavy atom. The van der Waals surface area contributed by atoms with Crippen LogP contribution in [0.4, 0.5) is 5.69 Å². The lowest BCUT2D eigenvalue weighted by molar-refractivity contribution is -0.143. The second-order valence-corrected chi connectivity index (χ2v) is 6.91. The summed E-state index contributed by atoms with van der Waals surface area (Å²) in [7, 11) is 0. The molecule has 1 aliphatic heterocycles. The van der Waals surface area contributed by atoms with Gasteiger partial charge in [-0.25, -0.2) is 0 Å². The third-order valence-corrected chi connectivity index (χ3v) is 5.44. The number of hydrogen-bond donors (Lipinski definition) is 1. The minimum atomic E-state index is -0.476. The number of amides is 3. The monoisotopic (exact) mass is 338 g/mol. The number of para-hydroxylation sites is 1. The van der Waals surface area contributed by atoms with Gasteiger partial charge in [-0.3, -0.25) is 24.1 Å². The van der Waals surface area contributed by atoms with Crippen molar-refractivity contribution < 1.29 is 19.2 Å². The smallest absolute Gasteiger partial charge is 0.244 e. The summed E-state index contributed by atoms with van der Waals surface area (Å²) in [4.78, 5) is 50.2. The normalized spacial score (nSPS) is 29.2. The number of fused-ring (bicyclic) bond motifs is 5. The molecule has 3 aliphatic rings. The molecule has 4 atom stereocenters. The van der Waals surface area contributed by atoms with Crippen LogP contribution in [0.25, 0.3) is 0 Å². The molecule has 6 heteroatoms. The molecule has 1 heterocycles. The van der Waals surface area contributed by atoms with Gasteiger partial charge in [0.25, 0.3) is 0 Å². The maximum absolute atomic E-state index is 12.6. The highest BCUT2D eigenvalue weighted by Gasteiger charge is 2.59. The van der Waals surface area contributed by atoms with Crippen LogP contribution in [0.3, 0.4) is 0 Å². The van der Waals surface area contributed by atoms with Gasteiger partial charge in [-0.05, 0) is 37.3 Å². The highest BCUT2D eigenvalue weighted by molar-refractivity contribution is 6.10. The van der Waals surface area contributed by atoms with E-state index in [1.807, 2.05) is 12.2 Å². The number of benzene rings is 1. The second kappa shape index (κ2) is 5.65. The first-order chi connectivity index (χ1) is 12.0. The number of rotatable bonds is 4. The molecule has 0 aromatic heterocycles. The van der Waals surface area contributed by atoms with Crippen LogP contribution in [0.1, 0.15) is 23.7 Å². The minimum Gasteiger partial charge on any atom is -0.324 e. The molecule has 6 nitrogen and oxygen atoms in total. The quantitative estimate of drug-likeness (QED) is 0.514. The van der Waals surface area contributed by atoms with Gasteiger partial charge in [0.1, 0.15) is 6.54 Å². The van der Waals surface area contributed by atoms with Gasteiger partial charge >= 0.3 is 0 Å². The standard InChI is InChI=1S/C19H18N2O4/c1-10(22)13-4-2-3-5-14(13)20-15(23)9-21-18(24)16-11-6-7-12(8-11)17(16)19(21)25/h2-7,11-12,16-17H,8-9H2,1H3,(H,20,23). The highest BCUT2D eigenvalue weighted by Crippen LogP contribution is 2.52. The lowest BCUT2D eigenvalue weighted by Gasteiger charge is -2.17. The van der Waals surface area contributed by atoms with Gasteiger partial charge < -0.3 is 5.32 Å². The summed E-state index contributed by atoms with van der Waals surface area (Å²) in [6, 6.07) is 6.67. The van der Waals surface area contributed by atoms with Crippen LogP contribution in [0.15, 0.2) is 36.4 Å². The van der Waals surface area contributed by atoms with E-state index in [0.717, 1.165) is 11.3 Å². The molecule has 0 spiro atoms. The fraction of sp³-hybridized carbons (Fsp3) is 0.368. The summed E-state index contributed by atoms with van der Waals surface area (Å²) < 4.78 is 0. The zero-order chi connectivity index (χ0) is 17.7. The van der Waals surface area contributed by atoms with Gasteiger partial charge in [-0.15, -0.1) is 0 Å². The molecule has 1 saturated carbocycles. The first-order valence-electron chi connectivity index (χ1n) is 8.40. The molecule has 1 aromatic rings. The molecule has 2 aliphatic carbocycles. The minimum absolute atomic E-state index is 0.123. The number of anilines is 1. The predicted molar refractivity (Wildman–Crippen MR) is 89.5 cm³/mol. The maximum atomic E-state index is 12.6. The van der Waals surface area contributed by atoms with E-state index >= 15 is 0 Å². The van der Waals surface area contributed by atoms with E-state index in [0.29, 0.717) is 11.3 Å². The second-order valence-electron chi connectivity index (χ2n) is 6.91. The Bertz CT molecular complexity index is 798. The van der Waals surface area contributed by atoms with Gasteiger partial charge in [-0.2, -0.15) is 0 Å². The number of likely N-dealkylation sites (tertiary alicyclic amines) is 1. The molecule has 1 N–H and O–H groups in total. The van der Waals surface area contributed by atoms with Crippen molar-refractivity contribution in [3.63, 3.8) is 0 Å². The Balaban J connectivity index is 1.48. The summed E-state index contributed by atoms with van der Waals surface area (Å²) in [5.41, 5.74) is 0.787. The Hall–Kier alpha value is -2.76. The number of carbonyl (C=O) groups is 4. The van der Waals surface area contributed by atoms with Gasteiger partial charge in [0.15, 0.2) is 5.78 Å². The Morgan fingerprint density at radius 1 is 1.08 bits per heavy atom. The van der Waals surface area contributed by atoms with Crippen LogP contribution in [-0.4, -0.2) is 34.9 Å². The number of ketones is 1. The van der Waals surface area contributed by atoms with Crippen molar-refractivity contribution in [2.24, 2.45) is 23.7 Å². The van der Waals surface area contributed by atoms with Crippen molar-refractivity contribution >= 4 is 29.2 Å². The number of nitrogens with zero attached hydrogens (tertiary/aromatic N) is 1. The van der Waals surface area contributed by atoms with Crippen LogP contribution < -0.4 is 5.32 Å². The summed E-state index contributed by atoms with van der Waals surface area (Å²) in [5, 5.41) is 2.64. The first-order valence-corrected chi connectivity index (χ1v) is 8.40. The Morgan fingerprint density at radius 3 is 2.28 bits per heavy atom. The van der Waals surface area contributed by atoms with Crippen molar-refractivity contribution in [3.05, 3.63) is 42.0 Å². The molecule has 3 amide bonds. The molecule has 1 aromatic carbocycles. The van der Waals surface area contributed by atoms with Crippen LogP contribution >= 0.6 is 0 Å². The van der Waals surface area contributed by atoms with Crippen LogP contribution in [0, 0.1) is 23.7 Å². The zero-order valence-corrected chi connectivity index (χ0v) is 13.8.